The van der Waals surface area contributed by atoms with Crippen LogP contribution in [0.2, 0.25) is 0 Å². The highest BCUT2D eigenvalue weighted by atomic mass is 19.4. The number of ether oxygens (including phenoxy) is 1. The van der Waals surface area contributed by atoms with Gasteiger partial charge in [0.25, 0.3) is 0 Å². The van der Waals surface area contributed by atoms with Crippen LogP contribution in [0.4, 0.5) is 13.2 Å². The van der Waals surface area contributed by atoms with Gasteiger partial charge in [-0.15, -0.1) is 0 Å². The number of piperidine rings is 1. The molecule has 0 saturated carbocycles. The van der Waals surface area contributed by atoms with Crippen LogP contribution in [0.15, 0.2) is 24.3 Å². The summed E-state index contributed by atoms with van der Waals surface area (Å²) in [5.41, 5.74) is 1.00. The monoisotopic (exact) mass is 418 g/mol. The molecule has 1 fully saturated rings. The second kappa shape index (κ2) is 11.6. The van der Waals surface area contributed by atoms with Gasteiger partial charge in [0.1, 0.15) is 5.75 Å². The minimum atomic E-state index is -5.08. The van der Waals surface area contributed by atoms with Crippen LogP contribution in [0.5, 0.6) is 5.75 Å². The highest BCUT2D eigenvalue weighted by Gasteiger charge is 2.38. The first-order valence-electron chi connectivity index (χ1n) is 9.42. The van der Waals surface area contributed by atoms with Crippen molar-refractivity contribution in [2.45, 2.75) is 32.4 Å². The molecule has 0 atom stereocenters. The molecule has 1 heterocycles. The van der Waals surface area contributed by atoms with Gasteiger partial charge in [-0.05, 0) is 49.5 Å². The van der Waals surface area contributed by atoms with Crippen LogP contribution in [0, 0.1) is 5.92 Å². The Morgan fingerprint density at radius 3 is 2.38 bits per heavy atom. The summed E-state index contributed by atoms with van der Waals surface area (Å²) in [5, 5.41) is 7.12. The van der Waals surface area contributed by atoms with Gasteiger partial charge in [0.05, 0.1) is 13.5 Å². The van der Waals surface area contributed by atoms with Crippen LogP contribution in [0.1, 0.15) is 25.3 Å². The van der Waals surface area contributed by atoms with Crippen molar-refractivity contribution in [2.75, 3.05) is 40.3 Å². The van der Waals surface area contributed by atoms with E-state index in [0.717, 1.165) is 30.3 Å². The van der Waals surface area contributed by atoms with Crippen molar-refractivity contribution < 1.29 is 32.6 Å². The smallest absolute Gasteiger partial charge is 0.490 e. The molecular weight excluding hydrogens is 389 g/mol. The molecule has 29 heavy (non-hydrogen) atoms. The number of likely N-dealkylation sites (tertiary alicyclic amines) is 1. The molecule has 9 heteroatoms. The van der Waals surface area contributed by atoms with E-state index in [-0.39, 0.29) is 5.91 Å². The fourth-order valence-corrected chi connectivity index (χ4v) is 2.79. The average molecular weight is 418 g/mol. The number of halogens is 3. The number of carboxylic acids is 1. The normalized spacial score (nSPS) is 15.2. The predicted molar refractivity (Wildman–Crippen MR) is 103 cm³/mol. The lowest BCUT2D eigenvalue weighted by molar-refractivity contribution is -0.192. The summed E-state index contributed by atoms with van der Waals surface area (Å²) in [7, 11) is 3.54. The Labute approximate surface area is 169 Å². The predicted octanol–water partition coefficient (Wildman–Crippen LogP) is 3.06. The maximum absolute atomic E-state index is 12.3. The van der Waals surface area contributed by atoms with E-state index in [4.69, 9.17) is 14.6 Å². The number of hydrogen-bond acceptors (Lipinski definition) is 4. The van der Waals surface area contributed by atoms with E-state index in [2.05, 4.69) is 11.8 Å². The Bertz CT molecular complexity index is 659. The van der Waals surface area contributed by atoms with Crippen molar-refractivity contribution in [1.82, 2.24) is 9.80 Å². The summed E-state index contributed by atoms with van der Waals surface area (Å²) >= 11 is 0. The molecule has 0 aromatic heterocycles. The second-order valence-electron chi connectivity index (χ2n) is 7.17. The molecule has 1 saturated heterocycles. The van der Waals surface area contributed by atoms with Gasteiger partial charge in [-0.25, -0.2) is 4.79 Å². The van der Waals surface area contributed by atoms with Crippen molar-refractivity contribution in [3.05, 3.63) is 29.8 Å². The number of methoxy groups -OCH3 is 1. The third-order valence-corrected chi connectivity index (χ3v) is 4.79. The van der Waals surface area contributed by atoms with Crippen molar-refractivity contribution in [2.24, 2.45) is 5.92 Å². The third-order valence-electron chi connectivity index (χ3n) is 4.79. The van der Waals surface area contributed by atoms with Crippen molar-refractivity contribution in [3.63, 3.8) is 0 Å². The first kappa shape index (κ1) is 24.7. The Morgan fingerprint density at radius 2 is 1.86 bits per heavy atom. The Kier molecular flexibility index (Phi) is 9.94. The maximum atomic E-state index is 12.3. The number of hydrogen-bond donors (Lipinski definition) is 1. The van der Waals surface area contributed by atoms with Gasteiger partial charge >= 0.3 is 12.1 Å². The zero-order chi connectivity index (χ0) is 22.0. The maximum Gasteiger partial charge on any atom is 0.490 e. The summed E-state index contributed by atoms with van der Waals surface area (Å²) in [6.07, 6.45) is -2.09. The van der Waals surface area contributed by atoms with Gasteiger partial charge in [-0.1, -0.05) is 19.1 Å². The number of likely N-dealkylation sites (N-methyl/N-ethyl adjacent to an activating group) is 1. The summed E-state index contributed by atoms with van der Waals surface area (Å²) in [5.74, 6) is -0.940. The van der Waals surface area contributed by atoms with E-state index in [1.165, 1.54) is 25.9 Å². The molecule has 0 radical (unpaired) electrons. The van der Waals surface area contributed by atoms with Gasteiger partial charge < -0.3 is 19.6 Å². The van der Waals surface area contributed by atoms with Gasteiger partial charge in [-0.3, -0.25) is 4.79 Å². The van der Waals surface area contributed by atoms with Gasteiger partial charge in [0, 0.05) is 20.1 Å². The van der Waals surface area contributed by atoms with E-state index >= 15 is 0 Å². The van der Waals surface area contributed by atoms with Crippen LogP contribution < -0.4 is 4.74 Å². The standard InChI is InChI=1S/C18H28N2O2.C2HF3O2/c1-15-7-9-20(10-8-15)12-11-19(2)18(21)14-16-5-4-6-17(13-16)22-3;3-2(4,5)1(6)7/h4-6,13,15H,7-12,14H2,1-3H3;(H,6,7). The average Bonchev–Trinajstić information content (AvgIpc) is 2.67. The van der Waals surface area contributed by atoms with E-state index in [0.29, 0.717) is 6.42 Å². The molecule has 1 N–H and O–H groups in total. The van der Waals surface area contributed by atoms with E-state index in [9.17, 15) is 18.0 Å². The van der Waals surface area contributed by atoms with Gasteiger partial charge in [0.15, 0.2) is 0 Å². The van der Waals surface area contributed by atoms with Crippen LogP contribution in [0.3, 0.4) is 0 Å². The molecular formula is C20H29F3N2O4. The minimum Gasteiger partial charge on any atom is -0.497 e. The van der Waals surface area contributed by atoms with Gasteiger partial charge in [0.2, 0.25) is 5.91 Å². The fraction of sp³-hybridized carbons (Fsp3) is 0.600. The summed E-state index contributed by atoms with van der Waals surface area (Å²) in [4.78, 5) is 25.5. The molecule has 0 unspecified atom stereocenters. The van der Waals surface area contributed by atoms with Crippen LogP contribution in [-0.4, -0.2) is 73.3 Å². The lowest BCUT2D eigenvalue weighted by Crippen LogP contribution is -2.40. The number of carbonyl (C=O) groups excluding carboxylic acids is 1. The van der Waals surface area contributed by atoms with E-state index < -0.39 is 12.1 Å². The molecule has 6 nitrogen and oxygen atoms in total. The lowest BCUT2D eigenvalue weighted by Gasteiger charge is -2.31. The summed E-state index contributed by atoms with van der Waals surface area (Å²) < 4.78 is 36.9. The Balaban J connectivity index is 0.000000516. The number of carboxylic acid groups (broad SMARTS) is 1. The first-order valence-corrected chi connectivity index (χ1v) is 9.42. The molecule has 0 aliphatic carbocycles. The second-order valence-corrected chi connectivity index (χ2v) is 7.17. The summed E-state index contributed by atoms with van der Waals surface area (Å²) in [6.45, 7) is 6.43. The third kappa shape index (κ3) is 9.65. The molecule has 1 aliphatic rings. The molecule has 164 valence electrons. The highest BCUT2D eigenvalue weighted by molar-refractivity contribution is 5.78. The minimum absolute atomic E-state index is 0.165. The molecule has 0 bridgehead atoms. The van der Waals surface area contributed by atoms with Gasteiger partial charge in [-0.2, -0.15) is 13.2 Å². The van der Waals surface area contributed by atoms with Crippen LogP contribution in [0.25, 0.3) is 0 Å². The number of aliphatic carboxylic acids is 1. The molecule has 1 aliphatic heterocycles. The topological polar surface area (TPSA) is 70.1 Å². The van der Waals surface area contributed by atoms with Crippen LogP contribution in [-0.2, 0) is 16.0 Å². The number of nitrogens with zero attached hydrogens (tertiary/aromatic N) is 2. The fourth-order valence-electron chi connectivity index (χ4n) is 2.79. The molecule has 1 aromatic carbocycles. The number of benzene rings is 1. The number of carbonyl (C=O) groups is 2. The SMILES string of the molecule is COc1cccc(CC(=O)N(C)CCN2CCC(C)CC2)c1.O=C(O)C(F)(F)F. The molecule has 1 aromatic rings. The lowest BCUT2D eigenvalue weighted by atomic mass is 9.99. The van der Waals surface area contributed by atoms with Crippen molar-refractivity contribution in [1.29, 1.82) is 0 Å². The quantitative estimate of drug-likeness (QED) is 0.769. The summed E-state index contributed by atoms with van der Waals surface area (Å²) in [6, 6.07) is 7.73. The van der Waals surface area contributed by atoms with Crippen molar-refractivity contribution in [3.8, 4) is 5.75 Å². The molecule has 2 rings (SSSR count). The van der Waals surface area contributed by atoms with Crippen molar-refractivity contribution >= 4 is 11.9 Å². The highest BCUT2D eigenvalue weighted by Crippen LogP contribution is 2.16. The Hall–Kier alpha value is -2.29. The molecule has 0 spiro atoms. The first-order chi connectivity index (χ1) is 13.5. The van der Waals surface area contributed by atoms with E-state index in [1.54, 1.807) is 7.11 Å². The number of rotatable bonds is 6. The Morgan fingerprint density at radius 1 is 1.28 bits per heavy atom. The zero-order valence-corrected chi connectivity index (χ0v) is 17.0. The zero-order valence-electron chi connectivity index (χ0n) is 17.0. The molecule has 1 amide bonds. The largest absolute Gasteiger partial charge is 0.497 e. The van der Waals surface area contributed by atoms with Crippen LogP contribution >= 0.6 is 0 Å². The number of alkyl halides is 3. The van der Waals surface area contributed by atoms with E-state index in [1.807, 2.05) is 36.2 Å². The number of amides is 1.